The highest BCUT2D eigenvalue weighted by Crippen LogP contribution is 2.27. The molecular weight excluding hydrogens is 331 g/mol. The van der Waals surface area contributed by atoms with Crippen molar-refractivity contribution < 1.29 is 17.6 Å². The highest BCUT2D eigenvalue weighted by molar-refractivity contribution is 7.98. The summed E-state index contributed by atoms with van der Waals surface area (Å²) in [7, 11) is 0. The Hall–Kier alpha value is -2.23. The minimum Gasteiger partial charge on any atom is -0.468 e. The SMILES string of the molecule is FC(F)(F)c1nnc2ccc(NCCSCc3ccco3)nn12. The van der Waals surface area contributed by atoms with Gasteiger partial charge in [-0.3, -0.25) is 0 Å². The number of hydrogen-bond acceptors (Lipinski definition) is 6. The topological polar surface area (TPSA) is 68.2 Å². The average molecular weight is 343 g/mol. The lowest BCUT2D eigenvalue weighted by Gasteiger charge is -2.07. The number of halogens is 3. The summed E-state index contributed by atoms with van der Waals surface area (Å²) < 4.78 is 44.2. The maximum absolute atomic E-state index is 12.8. The van der Waals surface area contributed by atoms with Gasteiger partial charge in [-0.25, -0.2) is 0 Å². The van der Waals surface area contributed by atoms with Crippen molar-refractivity contribution in [2.75, 3.05) is 17.6 Å². The van der Waals surface area contributed by atoms with E-state index in [1.807, 2.05) is 12.1 Å². The molecule has 3 aromatic rings. The molecule has 0 bridgehead atoms. The van der Waals surface area contributed by atoms with Crippen LogP contribution in [0.1, 0.15) is 11.6 Å². The second kappa shape index (κ2) is 6.49. The summed E-state index contributed by atoms with van der Waals surface area (Å²) in [4.78, 5) is 0. The van der Waals surface area contributed by atoms with Crippen LogP contribution >= 0.6 is 11.8 Å². The quantitative estimate of drug-likeness (QED) is 0.694. The number of hydrogen-bond donors (Lipinski definition) is 1. The normalized spacial score (nSPS) is 12.0. The number of thioether (sulfide) groups is 1. The van der Waals surface area contributed by atoms with E-state index >= 15 is 0 Å². The van der Waals surface area contributed by atoms with Gasteiger partial charge >= 0.3 is 6.18 Å². The zero-order valence-electron chi connectivity index (χ0n) is 11.7. The largest absolute Gasteiger partial charge is 0.468 e. The van der Waals surface area contributed by atoms with Crippen molar-refractivity contribution in [1.82, 2.24) is 19.8 Å². The lowest BCUT2D eigenvalue weighted by molar-refractivity contribution is -0.146. The van der Waals surface area contributed by atoms with Gasteiger partial charge in [-0.15, -0.1) is 15.3 Å². The van der Waals surface area contributed by atoms with Crippen LogP contribution in [0.2, 0.25) is 0 Å². The molecule has 3 heterocycles. The molecule has 0 amide bonds. The summed E-state index contributed by atoms with van der Waals surface area (Å²) >= 11 is 1.65. The molecule has 0 aromatic carbocycles. The van der Waals surface area contributed by atoms with Crippen LogP contribution in [0.3, 0.4) is 0 Å². The standard InChI is InChI=1S/C13H12F3N5OS/c14-13(15,16)12-19-18-11-4-3-10(20-21(11)12)17-5-7-23-8-9-2-1-6-22-9/h1-4,6H,5,7-8H2,(H,17,20). The van der Waals surface area contributed by atoms with Crippen LogP contribution in [0, 0.1) is 0 Å². The van der Waals surface area contributed by atoms with Gasteiger partial charge in [0.2, 0.25) is 0 Å². The first-order chi connectivity index (χ1) is 11.0. The smallest absolute Gasteiger partial charge is 0.453 e. The summed E-state index contributed by atoms with van der Waals surface area (Å²) in [5, 5.41) is 13.4. The van der Waals surface area contributed by atoms with Crippen molar-refractivity contribution >= 4 is 23.2 Å². The first kappa shape index (κ1) is 15.7. The summed E-state index contributed by atoms with van der Waals surface area (Å²) in [6.07, 6.45) is -2.98. The molecule has 0 aliphatic carbocycles. The lowest BCUT2D eigenvalue weighted by atomic mass is 10.5. The number of nitrogens with one attached hydrogen (secondary N) is 1. The number of furan rings is 1. The second-order valence-electron chi connectivity index (χ2n) is 4.57. The van der Waals surface area contributed by atoms with Gasteiger partial charge < -0.3 is 9.73 Å². The summed E-state index contributed by atoms with van der Waals surface area (Å²) in [6, 6.07) is 6.72. The minimum absolute atomic E-state index is 0.0510. The molecule has 0 radical (unpaired) electrons. The highest BCUT2D eigenvalue weighted by atomic mass is 32.2. The molecule has 122 valence electrons. The van der Waals surface area contributed by atoms with Crippen LogP contribution in [0.15, 0.2) is 34.9 Å². The van der Waals surface area contributed by atoms with Crippen molar-refractivity contribution in [3.05, 3.63) is 42.1 Å². The van der Waals surface area contributed by atoms with Crippen LogP contribution in [-0.4, -0.2) is 32.1 Å². The monoisotopic (exact) mass is 343 g/mol. The molecule has 0 saturated carbocycles. The third-order valence-electron chi connectivity index (χ3n) is 2.89. The first-order valence-electron chi connectivity index (χ1n) is 6.68. The van der Waals surface area contributed by atoms with Gasteiger partial charge in [0.15, 0.2) is 5.65 Å². The first-order valence-corrected chi connectivity index (χ1v) is 7.83. The van der Waals surface area contributed by atoms with Crippen molar-refractivity contribution in [1.29, 1.82) is 0 Å². The van der Waals surface area contributed by atoms with Crippen molar-refractivity contribution in [2.45, 2.75) is 11.9 Å². The van der Waals surface area contributed by atoms with E-state index < -0.39 is 12.0 Å². The number of alkyl halides is 3. The highest BCUT2D eigenvalue weighted by Gasteiger charge is 2.37. The molecule has 0 spiro atoms. The van der Waals surface area contributed by atoms with Gasteiger partial charge in [0.1, 0.15) is 11.6 Å². The molecule has 1 N–H and O–H groups in total. The summed E-state index contributed by atoms with van der Waals surface area (Å²) in [5.41, 5.74) is 0.0510. The predicted octanol–water partition coefficient (Wildman–Crippen LogP) is 3.08. The number of anilines is 1. The van der Waals surface area contributed by atoms with Gasteiger partial charge in [0, 0.05) is 12.3 Å². The van der Waals surface area contributed by atoms with E-state index in [0.29, 0.717) is 16.9 Å². The lowest BCUT2D eigenvalue weighted by Crippen LogP contribution is -2.14. The maximum Gasteiger partial charge on any atom is 0.453 e. The zero-order chi connectivity index (χ0) is 16.3. The van der Waals surface area contributed by atoms with E-state index in [1.54, 1.807) is 24.1 Å². The van der Waals surface area contributed by atoms with Crippen LogP contribution < -0.4 is 5.32 Å². The Morgan fingerprint density at radius 2 is 2.09 bits per heavy atom. The Morgan fingerprint density at radius 1 is 1.22 bits per heavy atom. The van der Waals surface area contributed by atoms with Crippen LogP contribution in [0.5, 0.6) is 0 Å². The number of nitrogens with zero attached hydrogens (tertiary/aromatic N) is 4. The van der Waals surface area contributed by atoms with Gasteiger partial charge in [-0.2, -0.15) is 29.4 Å². The fourth-order valence-corrected chi connectivity index (χ4v) is 2.63. The maximum atomic E-state index is 12.8. The van der Waals surface area contributed by atoms with Gasteiger partial charge in [0.05, 0.1) is 12.0 Å². The van der Waals surface area contributed by atoms with E-state index in [9.17, 15) is 13.2 Å². The summed E-state index contributed by atoms with van der Waals surface area (Å²) in [6.45, 7) is 0.563. The molecule has 0 atom stereocenters. The fraction of sp³-hybridized carbons (Fsp3) is 0.308. The summed E-state index contributed by atoms with van der Waals surface area (Å²) in [5.74, 6) is 1.58. The third kappa shape index (κ3) is 3.76. The van der Waals surface area contributed by atoms with Crippen LogP contribution in [0.4, 0.5) is 19.0 Å². The zero-order valence-corrected chi connectivity index (χ0v) is 12.6. The van der Waals surface area contributed by atoms with Crippen LogP contribution in [0.25, 0.3) is 5.65 Å². The predicted molar refractivity (Wildman–Crippen MR) is 79.1 cm³/mol. The number of rotatable bonds is 6. The second-order valence-corrected chi connectivity index (χ2v) is 5.67. The van der Waals surface area contributed by atoms with E-state index in [1.165, 1.54) is 6.07 Å². The molecule has 0 saturated heterocycles. The van der Waals surface area contributed by atoms with E-state index in [-0.39, 0.29) is 5.65 Å². The molecule has 10 heteroatoms. The Balaban J connectivity index is 1.57. The Kier molecular flexibility index (Phi) is 4.42. The molecule has 0 aliphatic heterocycles. The van der Waals surface area contributed by atoms with Crippen molar-refractivity contribution in [3.63, 3.8) is 0 Å². The van der Waals surface area contributed by atoms with Gasteiger partial charge in [-0.1, -0.05) is 0 Å². The minimum atomic E-state index is -4.59. The Labute approximate surface area is 133 Å². The molecule has 0 unspecified atom stereocenters. The van der Waals surface area contributed by atoms with Crippen molar-refractivity contribution in [3.8, 4) is 0 Å². The molecule has 0 fully saturated rings. The van der Waals surface area contributed by atoms with Crippen LogP contribution in [-0.2, 0) is 11.9 Å². The molecule has 23 heavy (non-hydrogen) atoms. The third-order valence-corrected chi connectivity index (χ3v) is 3.87. The van der Waals surface area contributed by atoms with Crippen molar-refractivity contribution in [2.24, 2.45) is 0 Å². The average Bonchev–Trinajstić information content (AvgIpc) is 3.14. The number of fused-ring (bicyclic) bond motifs is 1. The van der Waals surface area contributed by atoms with E-state index in [2.05, 4.69) is 20.6 Å². The van der Waals surface area contributed by atoms with Gasteiger partial charge in [-0.05, 0) is 24.3 Å². The van der Waals surface area contributed by atoms with Gasteiger partial charge in [0.25, 0.3) is 5.82 Å². The van der Waals surface area contributed by atoms with E-state index in [4.69, 9.17) is 4.42 Å². The molecule has 3 rings (SSSR count). The Bertz CT molecular complexity index is 772. The molecule has 0 aliphatic rings. The Morgan fingerprint density at radius 3 is 2.83 bits per heavy atom. The number of aromatic nitrogens is 4. The molecular formula is C13H12F3N5OS. The molecule has 3 aromatic heterocycles. The molecule has 6 nitrogen and oxygen atoms in total. The van der Waals surface area contributed by atoms with E-state index in [0.717, 1.165) is 17.3 Å². The fourth-order valence-electron chi connectivity index (χ4n) is 1.88.